The van der Waals surface area contributed by atoms with Gasteiger partial charge >= 0.3 is 0 Å². The molecule has 0 bridgehead atoms. The van der Waals surface area contributed by atoms with Crippen LogP contribution in [0, 0.1) is 0 Å². The summed E-state index contributed by atoms with van der Waals surface area (Å²) in [4.78, 5) is 15.4. The highest BCUT2D eigenvalue weighted by molar-refractivity contribution is 6.31. The van der Waals surface area contributed by atoms with Crippen LogP contribution in [-0.2, 0) is 11.4 Å². The van der Waals surface area contributed by atoms with Crippen molar-refractivity contribution in [2.75, 3.05) is 5.32 Å². The summed E-state index contributed by atoms with van der Waals surface area (Å²) in [5, 5.41) is 2.52. The molecule has 0 saturated carbocycles. The Balaban J connectivity index is 2.16. The summed E-state index contributed by atoms with van der Waals surface area (Å²) in [6.07, 6.45) is -2.75. The number of carbonyl (C=O) groups excluding carboxylic acids is 1. The molecule has 2 heterocycles. The van der Waals surface area contributed by atoms with Crippen LogP contribution >= 0.6 is 11.6 Å². The normalized spacial score (nSPS) is 12.4. The van der Waals surface area contributed by atoms with Crippen LogP contribution in [0.1, 0.15) is 24.5 Å². The number of nitrogens with zero attached hydrogens (tertiary/aromatic N) is 1. The van der Waals surface area contributed by atoms with Crippen LogP contribution in [0.2, 0.25) is 5.02 Å². The Kier molecular flexibility index (Phi) is 3.70. The molecule has 1 aliphatic rings. The van der Waals surface area contributed by atoms with Crippen molar-refractivity contribution in [3.63, 3.8) is 0 Å². The molecule has 4 nitrogen and oxygen atoms in total. The van der Waals surface area contributed by atoms with Crippen molar-refractivity contribution in [3.8, 4) is 17.0 Å². The fourth-order valence-electron chi connectivity index (χ4n) is 2.36. The van der Waals surface area contributed by atoms with E-state index < -0.39 is 6.43 Å². The minimum absolute atomic E-state index is 0.0440. The molecular weight excluding hydrogens is 314 g/mol. The van der Waals surface area contributed by atoms with Gasteiger partial charge in [-0.25, -0.2) is 13.8 Å². The average Bonchev–Trinajstić information content (AvgIpc) is 2.45. The summed E-state index contributed by atoms with van der Waals surface area (Å²) in [6, 6.07) is 6.37. The zero-order chi connectivity index (χ0) is 15.9. The number of hydrogen-bond acceptors (Lipinski definition) is 3. The molecule has 1 aromatic carbocycles. The van der Waals surface area contributed by atoms with Gasteiger partial charge in [-0.1, -0.05) is 11.6 Å². The molecule has 2 aromatic rings. The SMILES string of the molecule is CC(=O)Nc1ccc2c(n1)-c1ccc(Cl)c(C(F)F)c1OC2. The number of fused-ring (bicyclic) bond motifs is 3. The first kappa shape index (κ1) is 14.7. The minimum Gasteiger partial charge on any atom is -0.488 e. The van der Waals surface area contributed by atoms with E-state index >= 15 is 0 Å². The molecule has 0 atom stereocenters. The van der Waals surface area contributed by atoms with Crippen molar-refractivity contribution < 1.29 is 18.3 Å². The zero-order valence-corrected chi connectivity index (χ0v) is 12.2. The Bertz CT molecular complexity index is 765. The van der Waals surface area contributed by atoms with Gasteiger partial charge in [0.05, 0.1) is 16.3 Å². The van der Waals surface area contributed by atoms with E-state index in [0.717, 1.165) is 5.56 Å². The van der Waals surface area contributed by atoms with E-state index in [-0.39, 0.29) is 28.8 Å². The summed E-state index contributed by atoms with van der Waals surface area (Å²) in [7, 11) is 0. The summed E-state index contributed by atoms with van der Waals surface area (Å²) in [5.41, 5.74) is 1.36. The molecule has 22 heavy (non-hydrogen) atoms. The Morgan fingerprint density at radius 3 is 2.82 bits per heavy atom. The second-order valence-electron chi connectivity index (χ2n) is 4.81. The quantitative estimate of drug-likeness (QED) is 0.901. The van der Waals surface area contributed by atoms with Gasteiger partial charge in [0, 0.05) is 18.1 Å². The summed E-state index contributed by atoms with van der Waals surface area (Å²) >= 11 is 5.85. The predicted octanol–water partition coefficient (Wildman–Crippen LogP) is 4.19. The molecule has 0 fully saturated rings. The number of anilines is 1. The lowest BCUT2D eigenvalue weighted by Gasteiger charge is -2.23. The van der Waals surface area contributed by atoms with Gasteiger partial charge in [-0.05, 0) is 24.3 Å². The van der Waals surface area contributed by atoms with E-state index in [1.807, 2.05) is 0 Å². The highest BCUT2D eigenvalue weighted by Crippen LogP contribution is 2.45. The number of aromatic nitrogens is 1. The third kappa shape index (κ3) is 2.50. The Morgan fingerprint density at radius 1 is 1.36 bits per heavy atom. The van der Waals surface area contributed by atoms with Gasteiger partial charge in [-0.3, -0.25) is 4.79 Å². The van der Waals surface area contributed by atoms with Crippen LogP contribution in [0.25, 0.3) is 11.3 Å². The van der Waals surface area contributed by atoms with E-state index in [0.29, 0.717) is 17.1 Å². The maximum absolute atomic E-state index is 13.2. The second-order valence-corrected chi connectivity index (χ2v) is 5.22. The minimum atomic E-state index is -2.75. The molecule has 7 heteroatoms. The Morgan fingerprint density at radius 2 is 2.14 bits per heavy atom. The summed E-state index contributed by atoms with van der Waals surface area (Å²) in [5.74, 6) is 0.138. The van der Waals surface area contributed by atoms with Crippen LogP contribution in [0.15, 0.2) is 24.3 Å². The van der Waals surface area contributed by atoms with Gasteiger partial charge in [0.2, 0.25) is 5.91 Å². The molecule has 3 rings (SSSR count). The molecule has 1 aromatic heterocycles. The van der Waals surface area contributed by atoms with E-state index in [4.69, 9.17) is 16.3 Å². The summed E-state index contributed by atoms with van der Waals surface area (Å²) in [6.45, 7) is 1.49. The van der Waals surface area contributed by atoms with E-state index in [1.165, 1.54) is 13.0 Å². The molecule has 0 saturated heterocycles. The molecule has 0 radical (unpaired) electrons. The third-order valence-electron chi connectivity index (χ3n) is 3.27. The lowest BCUT2D eigenvalue weighted by molar-refractivity contribution is -0.114. The van der Waals surface area contributed by atoms with Crippen LogP contribution in [-0.4, -0.2) is 10.9 Å². The first-order valence-electron chi connectivity index (χ1n) is 6.48. The number of rotatable bonds is 2. The predicted molar refractivity (Wildman–Crippen MR) is 78.3 cm³/mol. The highest BCUT2D eigenvalue weighted by Gasteiger charge is 2.27. The fraction of sp³-hybridized carbons (Fsp3) is 0.200. The molecule has 114 valence electrons. The van der Waals surface area contributed by atoms with Crippen molar-refractivity contribution in [1.29, 1.82) is 0 Å². The average molecular weight is 325 g/mol. The molecule has 1 N–H and O–H groups in total. The van der Waals surface area contributed by atoms with Crippen LogP contribution in [0.5, 0.6) is 5.75 Å². The first-order valence-corrected chi connectivity index (χ1v) is 6.86. The van der Waals surface area contributed by atoms with Crippen LogP contribution in [0.3, 0.4) is 0 Å². The number of nitrogens with one attached hydrogen (secondary N) is 1. The number of carbonyl (C=O) groups is 1. The number of pyridine rings is 1. The molecule has 0 unspecified atom stereocenters. The second kappa shape index (κ2) is 5.53. The summed E-state index contributed by atoms with van der Waals surface area (Å²) < 4.78 is 31.9. The van der Waals surface area contributed by atoms with Crippen molar-refractivity contribution in [2.24, 2.45) is 0 Å². The fourth-order valence-corrected chi connectivity index (χ4v) is 2.59. The van der Waals surface area contributed by atoms with E-state index in [9.17, 15) is 13.6 Å². The number of alkyl halides is 2. The molecule has 0 spiro atoms. The van der Waals surface area contributed by atoms with Gasteiger partial charge in [0.25, 0.3) is 6.43 Å². The largest absolute Gasteiger partial charge is 0.488 e. The van der Waals surface area contributed by atoms with Crippen molar-refractivity contribution in [2.45, 2.75) is 20.0 Å². The highest BCUT2D eigenvalue weighted by atomic mass is 35.5. The molecule has 0 aliphatic carbocycles. The smallest absolute Gasteiger partial charge is 0.268 e. The number of amides is 1. The molecule has 1 amide bonds. The van der Waals surface area contributed by atoms with Crippen LogP contribution < -0.4 is 10.1 Å². The van der Waals surface area contributed by atoms with Gasteiger partial charge in [0.1, 0.15) is 18.2 Å². The van der Waals surface area contributed by atoms with E-state index in [1.54, 1.807) is 18.2 Å². The van der Waals surface area contributed by atoms with E-state index in [2.05, 4.69) is 10.3 Å². The topological polar surface area (TPSA) is 51.2 Å². The maximum Gasteiger partial charge on any atom is 0.268 e. The van der Waals surface area contributed by atoms with Crippen LogP contribution in [0.4, 0.5) is 14.6 Å². The van der Waals surface area contributed by atoms with Gasteiger partial charge < -0.3 is 10.1 Å². The van der Waals surface area contributed by atoms with Gasteiger partial charge in [-0.15, -0.1) is 0 Å². The molecule has 1 aliphatic heterocycles. The number of hydrogen-bond donors (Lipinski definition) is 1. The Hall–Kier alpha value is -2.21. The number of ether oxygens (including phenoxy) is 1. The van der Waals surface area contributed by atoms with Gasteiger partial charge in [-0.2, -0.15) is 0 Å². The zero-order valence-electron chi connectivity index (χ0n) is 11.5. The lowest BCUT2D eigenvalue weighted by atomic mass is 9.99. The standard InChI is InChI=1S/C15H11ClF2N2O2/c1-7(21)19-11-5-2-8-6-22-14-9(13(8)20-11)3-4-10(16)12(14)15(17)18/h2-5,15H,6H2,1H3,(H,19,20,21). The first-order chi connectivity index (χ1) is 10.5. The Labute approximate surface area is 130 Å². The maximum atomic E-state index is 13.2. The van der Waals surface area contributed by atoms with Crippen molar-refractivity contribution >= 4 is 23.3 Å². The van der Waals surface area contributed by atoms with Crippen molar-refractivity contribution in [3.05, 3.63) is 40.4 Å². The monoisotopic (exact) mass is 324 g/mol. The number of halogens is 3. The van der Waals surface area contributed by atoms with Gasteiger partial charge in [0.15, 0.2) is 0 Å². The van der Waals surface area contributed by atoms with Crippen molar-refractivity contribution in [1.82, 2.24) is 4.98 Å². The number of benzene rings is 1. The molecular formula is C15H11ClF2N2O2. The lowest BCUT2D eigenvalue weighted by Crippen LogP contribution is -2.12. The third-order valence-corrected chi connectivity index (χ3v) is 3.60.